The molecule has 0 aliphatic carbocycles. The van der Waals surface area contributed by atoms with E-state index >= 15 is 0 Å². The van der Waals surface area contributed by atoms with Gasteiger partial charge >= 0.3 is 0 Å². The Balaban J connectivity index is 1.98. The van der Waals surface area contributed by atoms with Crippen LogP contribution in [0.25, 0.3) is 0 Å². The first-order chi connectivity index (χ1) is 9.16. The van der Waals surface area contributed by atoms with Crippen molar-refractivity contribution in [3.05, 3.63) is 51.5 Å². The van der Waals surface area contributed by atoms with E-state index < -0.39 is 0 Å². The van der Waals surface area contributed by atoms with Gasteiger partial charge in [-0.05, 0) is 42.5 Å². The quantitative estimate of drug-likeness (QED) is 0.910. The van der Waals surface area contributed by atoms with Crippen LogP contribution in [0.4, 0.5) is 10.1 Å². The molecule has 0 saturated carbocycles. The second kappa shape index (κ2) is 4.94. The van der Waals surface area contributed by atoms with Crippen LogP contribution >= 0.6 is 11.3 Å². The number of nitrogens with two attached hydrogens (primary N) is 1. The minimum absolute atomic E-state index is 0.205. The van der Waals surface area contributed by atoms with Gasteiger partial charge in [0.1, 0.15) is 5.82 Å². The highest BCUT2D eigenvalue weighted by atomic mass is 32.1. The first-order valence-electron chi connectivity index (χ1n) is 6.51. The number of nitrogens with zero attached hydrogens (tertiary/aromatic N) is 1. The number of anilines is 1. The summed E-state index contributed by atoms with van der Waals surface area (Å²) in [5, 5.41) is 2.13. The third-order valence-corrected chi connectivity index (χ3v) is 4.66. The number of hydrogen-bond acceptors (Lipinski definition) is 3. The average molecular weight is 276 g/mol. The smallest absolute Gasteiger partial charge is 0.130 e. The number of halogens is 1. The monoisotopic (exact) mass is 276 g/mol. The van der Waals surface area contributed by atoms with Gasteiger partial charge in [-0.2, -0.15) is 0 Å². The molecule has 1 aliphatic heterocycles. The molecule has 1 aromatic heterocycles. The van der Waals surface area contributed by atoms with Crippen LogP contribution in [0.3, 0.4) is 0 Å². The molecule has 0 saturated heterocycles. The van der Waals surface area contributed by atoms with Crippen molar-refractivity contribution in [2.45, 2.75) is 25.9 Å². The zero-order chi connectivity index (χ0) is 13.4. The maximum absolute atomic E-state index is 14.0. The van der Waals surface area contributed by atoms with Crippen LogP contribution in [0.5, 0.6) is 0 Å². The molecule has 4 heteroatoms. The SMILES string of the molecule is C[C@@H](N)c1c(F)cccc1N1CCc2sccc2C1. The summed E-state index contributed by atoms with van der Waals surface area (Å²) in [5.74, 6) is -0.205. The third-order valence-electron chi connectivity index (χ3n) is 3.63. The lowest BCUT2D eigenvalue weighted by molar-refractivity contribution is 0.589. The van der Waals surface area contributed by atoms with Gasteiger partial charge in [0.2, 0.25) is 0 Å². The van der Waals surface area contributed by atoms with Crippen molar-refractivity contribution in [2.75, 3.05) is 11.4 Å². The fourth-order valence-corrected chi connectivity index (χ4v) is 3.60. The summed E-state index contributed by atoms with van der Waals surface area (Å²) in [5.41, 5.74) is 8.85. The van der Waals surface area contributed by atoms with Gasteiger partial charge in [0.25, 0.3) is 0 Å². The van der Waals surface area contributed by atoms with E-state index in [4.69, 9.17) is 5.73 Å². The van der Waals surface area contributed by atoms with Gasteiger partial charge < -0.3 is 10.6 Å². The molecular weight excluding hydrogens is 259 g/mol. The Kier molecular flexibility index (Phi) is 3.29. The second-order valence-electron chi connectivity index (χ2n) is 5.00. The second-order valence-corrected chi connectivity index (χ2v) is 6.00. The van der Waals surface area contributed by atoms with Crippen LogP contribution in [-0.4, -0.2) is 6.54 Å². The van der Waals surface area contributed by atoms with Crippen molar-refractivity contribution in [1.82, 2.24) is 0 Å². The molecule has 0 spiro atoms. The first kappa shape index (κ1) is 12.6. The number of hydrogen-bond donors (Lipinski definition) is 1. The molecule has 1 aliphatic rings. The highest BCUT2D eigenvalue weighted by Crippen LogP contribution is 2.32. The predicted octanol–water partition coefficient (Wildman–Crippen LogP) is 3.47. The van der Waals surface area contributed by atoms with E-state index in [0.29, 0.717) is 5.56 Å². The van der Waals surface area contributed by atoms with Crippen LogP contribution in [0.2, 0.25) is 0 Å². The Hall–Kier alpha value is -1.39. The molecule has 19 heavy (non-hydrogen) atoms. The topological polar surface area (TPSA) is 29.3 Å². The molecule has 2 heterocycles. The molecule has 0 unspecified atom stereocenters. The fourth-order valence-electron chi connectivity index (χ4n) is 2.71. The van der Waals surface area contributed by atoms with Crippen LogP contribution in [0.15, 0.2) is 29.6 Å². The molecule has 3 rings (SSSR count). The highest BCUT2D eigenvalue weighted by Gasteiger charge is 2.22. The minimum Gasteiger partial charge on any atom is -0.366 e. The first-order valence-corrected chi connectivity index (χ1v) is 7.39. The molecule has 0 amide bonds. The van der Waals surface area contributed by atoms with E-state index in [1.807, 2.05) is 24.3 Å². The minimum atomic E-state index is -0.292. The lowest BCUT2D eigenvalue weighted by atomic mass is 10.0. The Morgan fingerprint density at radius 1 is 1.37 bits per heavy atom. The zero-order valence-corrected chi connectivity index (χ0v) is 11.7. The summed E-state index contributed by atoms with van der Waals surface area (Å²) in [6, 6.07) is 7.10. The molecule has 2 N–H and O–H groups in total. The molecule has 2 nitrogen and oxygen atoms in total. The summed E-state index contributed by atoms with van der Waals surface area (Å²) in [4.78, 5) is 3.69. The summed E-state index contributed by atoms with van der Waals surface area (Å²) >= 11 is 1.81. The van der Waals surface area contributed by atoms with Gasteiger partial charge in [0.05, 0.1) is 0 Å². The third kappa shape index (κ3) is 2.26. The predicted molar refractivity (Wildman–Crippen MR) is 78.1 cm³/mol. The van der Waals surface area contributed by atoms with Gasteiger partial charge in [-0.25, -0.2) is 4.39 Å². The van der Waals surface area contributed by atoms with Crippen molar-refractivity contribution in [1.29, 1.82) is 0 Å². The van der Waals surface area contributed by atoms with Crippen LogP contribution in [0.1, 0.15) is 29.0 Å². The lowest BCUT2D eigenvalue weighted by Gasteiger charge is -2.31. The maximum Gasteiger partial charge on any atom is 0.130 e. The Bertz CT molecular complexity index is 592. The molecule has 100 valence electrons. The maximum atomic E-state index is 14.0. The summed E-state index contributed by atoms with van der Waals surface area (Å²) < 4.78 is 14.0. The molecule has 1 aromatic carbocycles. The van der Waals surface area contributed by atoms with Crippen molar-refractivity contribution in [2.24, 2.45) is 5.73 Å². The zero-order valence-electron chi connectivity index (χ0n) is 10.9. The highest BCUT2D eigenvalue weighted by molar-refractivity contribution is 7.10. The van der Waals surface area contributed by atoms with Crippen LogP contribution in [0, 0.1) is 5.82 Å². The Morgan fingerprint density at radius 3 is 3.00 bits per heavy atom. The largest absolute Gasteiger partial charge is 0.366 e. The van der Waals surface area contributed by atoms with Crippen LogP contribution in [-0.2, 0) is 13.0 Å². The summed E-state index contributed by atoms with van der Waals surface area (Å²) in [6.45, 7) is 3.61. The van der Waals surface area contributed by atoms with E-state index in [0.717, 1.165) is 25.2 Å². The molecule has 1 atom stereocenters. The van der Waals surface area contributed by atoms with Crippen molar-refractivity contribution < 1.29 is 4.39 Å². The molecule has 2 aromatic rings. The van der Waals surface area contributed by atoms with E-state index in [1.165, 1.54) is 16.5 Å². The molecular formula is C15H17FN2S. The fraction of sp³-hybridized carbons (Fsp3) is 0.333. The molecule has 0 bridgehead atoms. The van der Waals surface area contributed by atoms with E-state index in [9.17, 15) is 4.39 Å². The van der Waals surface area contributed by atoms with Crippen molar-refractivity contribution in [3.63, 3.8) is 0 Å². The van der Waals surface area contributed by atoms with Gasteiger partial charge in [-0.3, -0.25) is 0 Å². The number of benzene rings is 1. The lowest BCUT2D eigenvalue weighted by Crippen LogP contribution is -2.31. The molecule has 0 fully saturated rings. The number of fused-ring (bicyclic) bond motifs is 1. The summed E-state index contributed by atoms with van der Waals surface area (Å²) in [7, 11) is 0. The van der Waals surface area contributed by atoms with Gasteiger partial charge in [0.15, 0.2) is 0 Å². The van der Waals surface area contributed by atoms with Gasteiger partial charge in [-0.1, -0.05) is 6.07 Å². The van der Waals surface area contributed by atoms with Crippen molar-refractivity contribution in [3.8, 4) is 0 Å². The number of rotatable bonds is 2. The van der Waals surface area contributed by atoms with Crippen molar-refractivity contribution >= 4 is 17.0 Å². The van der Waals surface area contributed by atoms with Gasteiger partial charge in [-0.15, -0.1) is 11.3 Å². The average Bonchev–Trinajstić information content (AvgIpc) is 2.85. The molecule has 0 radical (unpaired) electrons. The van der Waals surface area contributed by atoms with Gasteiger partial charge in [0, 0.05) is 35.3 Å². The Morgan fingerprint density at radius 2 is 2.21 bits per heavy atom. The van der Waals surface area contributed by atoms with E-state index in [-0.39, 0.29) is 11.9 Å². The van der Waals surface area contributed by atoms with Crippen LogP contribution < -0.4 is 10.6 Å². The normalized spacial score (nSPS) is 16.3. The standard InChI is InChI=1S/C15H17FN2S/c1-10(17)15-12(16)3-2-4-13(15)18-7-5-14-11(9-18)6-8-19-14/h2-4,6,8,10H,5,7,9,17H2,1H3/t10-/m1/s1. The van der Waals surface area contributed by atoms with E-state index in [1.54, 1.807) is 6.07 Å². The Labute approximate surface area is 116 Å². The van der Waals surface area contributed by atoms with E-state index in [2.05, 4.69) is 16.3 Å². The summed E-state index contributed by atoms with van der Waals surface area (Å²) in [6.07, 6.45) is 1.03. The number of thiophene rings is 1.